The fraction of sp³-hybridized carbons (Fsp3) is 0.233. The lowest BCUT2D eigenvalue weighted by Gasteiger charge is -2.42. The Balaban J connectivity index is 1.47. The molecule has 3 aliphatic rings. The van der Waals surface area contributed by atoms with Crippen molar-refractivity contribution in [3.05, 3.63) is 119 Å². The van der Waals surface area contributed by atoms with Crippen LogP contribution in [0.5, 0.6) is 0 Å². The molecule has 1 aliphatic carbocycles. The van der Waals surface area contributed by atoms with E-state index >= 15 is 0 Å². The zero-order chi connectivity index (χ0) is 25.7. The van der Waals surface area contributed by atoms with Gasteiger partial charge in [-0.25, -0.2) is 4.79 Å². The first-order valence-electron chi connectivity index (χ1n) is 12.2. The van der Waals surface area contributed by atoms with Crippen molar-refractivity contribution < 1.29 is 23.9 Å². The van der Waals surface area contributed by atoms with Gasteiger partial charge in [-0.1, -0.05) is 84.9 Å². The second-order valence-corrected chi connectivity index (χ2v) is 9.69. The third-order valence-corrected chi connectivity index (χ3v) is 7.69. The normalized spacial score (nSPS) is 28.6. The van der Waals surface area contributed by atoms with E-state index in [4.69, 9.17) is 9.47 Å². The van der Waals surface area contributed by atoms with Gasteiger partial charge in [0, 0.05) is 7.11 Å². The topological polar surface area (TPSA) is 76.2 Å². The number of ether oxygens (including phenoxy) is 2. The molecule has 0 unspecified atom stereocenters. The fourth-order valence-electron chi connectivity index (χ4n) is 5.83. The van der Waals surface area contributed by atoms with Gasteiger partial charge in [0.2, 0.25) is 0 Å². The summed E-state index contributed by atoms with van der Waals surface area (Å²) >= 11 is 0. The minimum absolute atomic E-state index is 0.358. The summed E-state index contributed by atoms with van der Waals surface area (Å²) in [4.78, 5) is 43.6. The van der Waals surface area contributed by atoms with E-state index in [1.54, 1.807) is 42.4 Å². The van der Waals surface area contributed by atoms with Crippen LogP contribution in [0.15, 0.2) is 97.1 Å². The van der Waals surface area contributed by atoms with Gasteiger partial charge in [0.25, 0.3) is 11.8 Å². The van der Waals surface area contributed by atoms with Gasteiger partial charge in [-0.2, -0.15) is 0 Å². The maximum absolute atomic E-state index is 13.7. The summed E-state index contributed by atoms with van der Waals surface area (Å²) in [5.74, 6) is -0.770. The largest absolute Gasteiger partial charge is 0.439 e. The molecule has 37 heavy (non-hydrogen) atoms. The molecule has 0 saturated carbocycles. The van der Waals surface area contributed by atoms with Crippen molar-refractivity contribution in [1.82, 2.24) is 9.80 Å². The summed E-state index contributed by atoms with van der Waals surface area (Å²) in [7, 11) is 1.57. The van der Waals surface area contributed by atoms with Crippen LogP contribution in [0.25, 0.3) is 0 Å². The predicted octanol–water partition coefficient (Wildman–Crippen LogP) is 4.93. The lowest BCUT2D eigenvalue weighted by atomic mass is 9.89. The number of cyclic esters (lactones) is 1. The van der Waals surface area contributed by atoms with Crippen LogP contribution in [0, 0.1) is 0 Å². The quantitative estimate of drug-likeness (QED) is 0.371. The highest BCUT2D eigenvalue weighted by molar-refractivity contribution is 6.21. The van der Waals surface area contributed by atoms with Crippen LogP contribution < -0.4 is 0 Å². The Bertz CT molecular complexity index is 1370. The highest BCUT2D eigenvalue weighted by Crippen LogP contribution is 2.49. The summed E-state index contributed by atoms with van der Waals surface area (Å²) < 4.78 is 12.0. The molecule has 0 radical (unpaired) electrons. The number of hydrogen-bond acceptors (Lipinski definition) is 5. The Morgan fingerprint density at radius 2 is 1.32 bits per heavy atom. The van der Waals surface area contributed by atoms with Crippen molar-refractivity contribution in [2.45, 2.75) is 36.8 Å². The second kappa shape index (κ2) is 8.71. The van der Waals surface area contributed by atoms with Crippen molar-refractivity contribution in [3.8, 4) is 0 Å². The van der Waals surface area contributed by atoms with E-state index in [0.717, 1.165) is 11.1 Å². The number of carbonyl (C=O) groups excluding carboxylic acids is 3. The SMILES string of the molecule is CO[C@]1(C)C=C[C@H](N2C(=O)c3ccccc3C2=O)[C@H]1N1C(=O)O[C@@H](c2ccccc2)[C@H]1c1ccccc1. The molecule has 2 aliphatic heterocycles. The molecule has 5 atom stereocenters. The lowest BCUT2D eigenvalue weighted by molar-refractivity contribution is -0.0336. The Morgan fingerprint density at radius 1 is 0.784 bits per heavy atom. The second-order valence-electron chi connectivity index (χ2n) is 9.69. The molecule has 0 aromatic heterocycles. The first-order valence-corrected chi connectivity index (χ1v) is 12.2. The van der Waals surface area contributed by atoms with Gasteiger partial charge in [0.05, 0.1) is 23.2 Å². The summed E-state index contributed by atoms with van der Waals surface area (Å²) in [6.45, 7) is 1.86. The van der Waals surface area contributed by atoms with Crippen LogP contribution in [0.1, 0.15) is 50.9 Å². The van der Waals surface area contributed by atoms with E-state index in [1.807, 2.05) is 73.7 Å². The van der Waals surface area contributed by atoms with Gasteiger partial charge < -0.3 is 9.47 Å². The molecule has 7 heteroatoms. The molecular formula is C30H26N2O5. The summed E-state index contributed by atoms with van der Waals surface area (Å²) in [6.07, 6.45) is 2.51. The number of carbonyl (C=O) groups is 3. The third kappa shape index (κ3) is 3.49. The predicted molar refractivity (Wildman–Crippen MR) is 136 cm³/mol. The Hall–Kier alpha value is -4.23. The van der Waals surface area contributed by atoms with Crippen molar-refractivity contribution in [3.63, 3.8) is 0 Å². The van der Waals surface area contributed by atoms with E-state index in [1.165, 1.54) is 4.90 Å². The van der Waals surface area contributed by atoms with Crippen LogP contribution in [-0.4, -0.2) is 52.5 Å². The zero-order valence-electron chi connectivity index (χ0n) is 20.5. The number of rotatable bonds is 5. The molecule has 3 aromatic rings. The highest BCUT2D eigenvalue weighted by atomic mass is 16.6. The average molecular weight is 495 g/mol. The fourth-order valence-corrected chi connectivity index (χ4v) is 5.83. The molecule has 0 spiro atoms. The Kier molecular flexibility index (Phi) is 5.46. The summed E-state index contributed by atoms with van der Waals surface area (Å²) in [6, 6.07) is 24.1. The van der Waals surface area contributed by atoms with Gasteiger partial charge in [-0.3, -0.25) is 19.4 Å². The maximum Gasteiger partial charge on any atom is 0.411 e. The molecular weight excluding hydrogens is 468 g/mol. The highest BCUT2D eigenvalue weighted by Gasteiger charge is 2.58. The van der Waals surface area contributed by atoms with Crippen LogP contribution in [0.3, 0.4) is 0 Å². The van der Waals surface area contributed by atoms with Crippen molar-refractivity contribution in [2.75, 3.05) is 7.11 Å². The van der Waals surface area contributed by atoms with Gasteiger partial charge >= 0.3 is 6.09 Å². The van der Waals surface area contributed by atoms with E-state index < -0.39 is 35.9 Å². The Labute approximate surface area is 214 Å². The molecule has 3 aromatic carbocycles. The molecule has 7 nitrogen and oxygen atoms in total. The van der Waals surface area contributed by atoms with E-state index in [2.05, 4.69) is 0 Å². The van der Waals surface area contributed by atoms with E-state index in [9.17, 15) is 14.4 Å². The minimum Gasteiger partial charge on any atom is -0.439 e. The smallest absolute Gasteiger partial charge is 0.411 e. The number of imide groups is 1. The van der Waals surface area contributed by atoms with Crippen LogP contribution in [-0.2, 0) is 9.47 Å². The van der Waals surface area contributed by atoms with Crippen molar-refractivity contribution in [1.29, 1.82) is 0 Å². The Morgan fingerprint density at radius 3 is 1.89 bits per heavy atom. The lowest BCUT2D eigenvalue weighted by Crippen LogP contribution is -2.60. The summed E-state index contributed by atoms with van der Waals surface area (Å²) in [5, 5.41) is 0. The van der Waals surface area contributed by atoms with Crippen LogP contribution >= 0.6 is 0 Å². The van der Waals surface area contributed by atoms with Gasteiger partial charge in [0.1, 0.15) is 11.6 Å². The molecule has 0 bridgehead atoms. The van der Waals surface area contributed by atoms with Crippen LogP contribution in [0.4, 0.5) is 4.79 Å². The zero-order valence-corrected chi connectivity index (χ0v) is 20.5. The van der Waals surface area contributed by atoms with E-state index in [-0.39, 0.29) is 11.8 Å². The number of benzene rings is 3. The number of fused-ring (bicyclic) bond motifs is 1. The molecule has 6 rings (SSSR count). The average Bonchev–Trinajstić information content (AvgIpc) is 3.54. The first kappa shape index (κ1) is 23.2. The molecule has 1 saturated heterocycles. The van der Waals surface area contributed by atoms with Gasteiger partial charge in [-0.15, -0.1) is 0 Å². The molecule has 1 fully saturated rings. The summed E-state index contributed by atoms with van der Waals surface area (Å²) in [5.41, 5.74) is 1.48. The van der Waals surface area contributed by atoms with Gasteiger partial charge in [0.15, 0.2) is 6.10 Å². The monoisotopic (exact) mass is 494 g/mol. The minimum atomic E-state index is -0.975. The number of nitrogens with zero attached hydrogens (tertiary/aromatic N) is 2. The number of amides is 3. The van der Waals surface area contributed by atoms with Gasteiger partial charge in [-0.05, 0) is 30.2 Å². The third-order valence-electron chi connectivity index (χ3n) is 7.69. The molecule has 2 heterocycles. The number of methoxy groups -OCH3 is 1. The number of hydrogen-bond donors (Lipinski definition) is 0. The maximum atomic E-state index is 13.7. The van der Waals surface area contributed by atoms with E-state index in [0.29, 0.717) is 11.1 Å². The van der Waals surface area contributed by atoms with Crippen molar-refractivity contribution >= 4 is 17.9 Å². The standard InChI is InChI=1S/C30H26N2O5/c1-30(36-2)18-17-23(31-27(33)21-15-9-10-16-22(21)28(31)34)26(30)32-24(19-11-5-3-6-12-19)25(37-29(32)35)20-13-7-4-8-14-20/h3-18,23-26H,1-2H3/t23-,24+,25-,26+,30+/m0/s1. The molecule has 3 amide bonds. The molecule has 186 valence electrons. The van der Waals surface area contributed by atoms with Crippen LogP contribution in [0.2, 0.25) is 0 Å². The first-order chi connectivity index (χ1) is 17.9. The molecule has 0 N–H and O–H groups in total. The van der Waals surface area contributed by atoms with Crippen molar-refractivity contribution in [2.24, 2.45) is 0 Å².